The highest BCUT2D eigenvalue weighted by atomic mass is 16.6. The third-order valence-electron chi connectivity index (χ3n) is 12.1. The normalized spacial score (nSPS) is 36.1. The van der Waals surface area contributed by atoms with Crippen LogP contribution in [0.4, 0.5) is 0 Å². The Hall–Kier alpha value is -3.70. The summed E-state index contributed by atoms with van der Waals surface area (Å²) in [5, 5.41) is 23.1. The van der Waals surface area contributed by atoms with Crippen LogP contribution in [-0.4, -0.2) is 87.7 Å². The van der Waals surface area contributed by atoms with Crippen LogP contribution in [-0.2, 0) is 35.0 Å². The van der Waals surface area contributed by atoms with Crippen LogP contribution in [0.1, 0.15) is 105 Å². The number of nitrogens with zero attached hydrogens (tertiary/aromatic N) is 2. The molecule has 2 fully saturated rings. The zero-order valence-electron chi connectivity index (χ0n) is 34.7. The van der Waals surface area contributed by atoms with E-state index in [1.807, 2.05) is 63.3 Å². The van der Waals surface area contributed by atoms with Crippen molar-refractivity contribution < 1.29 is 38.8 Å². The Morgan fingerprint density at radius 2 is 1.75 bits per heavy atom. The van der Waals surface area contributed by atoms with Gasteiger partial charge < -0.3 is 29.3 Å². The largest absolute Gasteiger partial charge is 0.460 e. The molecular formula is C46H66N2O8. The van der Waals surface area contributed by atoms with Gasteiger partial charge >= 0.3 is 5.97 Å². The number of pyridine rings is 1. The molecule has 308 valence electrons. The first-order valence-electron chi connectivity index (χ1n) is 20.6. The maximum absolute atomic E-state index is 14.1. The van der Waals surface area contributed by atoms with E-state index in [2.05, 4.69) is 31.5 Å². The quantitative estimate of drug-likeness (QED) is 0.182. The molecule has 4 heterocycles. The molecule has 10 heteroatoms. The van der Waals surface area contributed by atoms with Gasteiger partial charge in [-0.15, -0.1) is 0 Å². The van der Waals surface area contributed by atoms with E-state index in [0.29, 0.717) is 57.8 Å². The number of ether oxygens (including phenoxy) is 3. The molecule has 3 aliphatic rings. The van der Waals surface area contributed by atoms with Crippen molar-refractivity contribution in [2.24, 2.45) is 23.7 Å². The number of hydrogen-bond donors (Lipinski definition) is 2. The van der Waals surface area contributed by atoms with Crippen LogP contribution < -0.4 is 0 Å². The van der Waals surface area contributed by atoms with Gasteiger partial charge in [-0.25, -0.2) is 4.79 Å². The number of piperidine rings is 1. The summed E-state index contributed by atoms with van der Waals surface area (Å²) in [5.41, 5.74) is 3.73. The van der Waals surface area contributed by atoms with Crippen molar-refractivity contribution in [1.82, 2.24) is 9.88 Å². The van der Waals surface area contributed by atoms with E-state index in [9.17, 15) is 24.6 Å². The molecule has 0 aliphatic carbocycles. The van der Waals surface area contributed by atoms with E-state index < -0.39 is 53.7 Å². The lowest BCUT2D eigenvalue weighted by Crippen LogP contribution is -2.61. The molecule has 0 spiro atoms. The summed E-state index contributed by atoms with van der Waals surface area (Å²) in [6.45, 7) is 16.4. The molecule has 56 heavy (non-hydrogen) atoms. The van der Waals surface area contributed by atoms with Gasteiger partial charge in [0.15, 0.2) is 0 Å². The standard InChI is InChI=1S/C46H66N2O8/c1-30-14-10-9-11-15-32(3)42(54-8)29-38-19-18-36(7)46(53,56-38)43(50)44(51)48-25-13-12-16-39(48)45(52)55-41(35(6)27-37-21-23-47-24-22-37)20-17-31(2)40(49)28-34(5)33(4)26-30/h9-11,14-15,17,21-24,30,33,35-36,38-42,49,53H,5,12-13,16,18-20,25-29H2,1-4,6-8H3/b11-9+,14-10+,31-17+,32-15+/t30-,33-,35-,36-,38+,39+,40+,41?,42+,46-/m1/s1. The smallest absolute Gasteiger partial charge is 0.329 e. The second-order valence-electron chi connectivity index (χ2n) is 16.6. The van der Waals surface area contributed by atoms with Crippen molar-refractivity contribution >= 4 is 17.7 Å². The van der Waals surface area contributed by atoms with Gasteiger partial charge in [-0.1, -0.05) is 76.3 Å². The number of carbonyl (C=O) groups excluding carboxylic acids is 3. The Morgan fingerprint density at radius 3 is 2.46 bits per heavy atom. The third-order valence-corrected chi connectivity index (χ3v) is 12.1. The maximum Gasteiger partial charge on any atom is 0.329 e. The summed E-state index contributed by atoms with van der Waals surface area (Å²) in [4.78, 5) is 47.6. The molecule has 4 rings (SSSR count). The van der Waals surface area contributed by atoms with Crippen LogP contribution in [0, 0.1) is 23.7 Å². The number of esters is 1. The molecule has 2 saturated heterocycles. The first-order valence-corrected chi connectivity index (χ1v) is 20.6. The van der Waals surface area contributed by atoms with E-state index in [0.717, 1.165) is 28.7 Å². The number of ketones is 1. The highest BCUT2D eigenvalue weighted by molar-refractivity contribution is 6.39. The number of methoxy groups -OCH3 is 1. The lowest BCUT2D eigenvalue weighted by atomic mass is 9.85. The van der Waals surface area contributed by atoms with Gasteiger partial charge in [-0.3, -0.25) is 14.6 Å². The fraction of sp³-hybridized carbons (Fsp3) is 0.609. The molecule has 0 saturated carbocycles. The van der Waals surface area contributed by atoms with Gasteiger partial charge in [0, 0.05) is 44.8 Å². The van der Waals surface area contributed by atoms with E-state index in [4.69, 9.17) is 14.2 Å². The van der Waals surface area contributed by atoms with Crippen molar-refractivity contribution in [3.05, 3.63) is 89.8 Å². The fourth-order valence-corrected chi connectivity index (χ4v) is 8.04. The molecular weight excluding hydrogens is 709 g/mol. The minimum absolute atomic E-state index is 0.129. The number of aromatic nitrogens is 1. The minimum Gasteiger partial charge on any atom is -0.460 e. The molecule has 1 amide bonds. The van der Waals surface area contributed by atoms with Crippen LogP contribution in [0.2, 0.25) is 0 Å². The summed E-state index contributed by atoms with van der Waals surface area (Å²) < 4.78 is 18.2. The number of aliphatic hydroxyl groups excluding tert-OH is 1. The molecule has 1 aromatic heterocycles. The fourth-order valence-electron chi connectivity index (χ4n) is 8.04. The Kier molecular flexibility index (Phi) is 17.0. The first-order chi connectivity index (χ1) is 26.6. The molecule has 10 nitrogen and oxygen atoms in total. The average molecular weight is 775 g/mol. The van der Waals surface area contributed by atoms with Crippen LogP contribution >= 0.6 is 0 Å². The summed E-state index contributed by atoms with van der Waals surface area (Å²) in [6.07, 6.45) is 18.6. The Bertz CT molecular complexity index is 1620. The third kappa shape index (κ3) is 12.2. The first kappa shape index (κ1) is 45.0. The van der Waals surface area contributed by atoms with E-state index in [-0.39, 0.29) is 30.4 Å². The number of Topliss-reactive ketones (excluding diaryl/α,β-unsaturated/α-hetero) is 1. The predicted octanol–water partition coefficient (Wildman–Crippen LogP) is 7.41. The molecule has 0 radical (unpaired) electrons. The van der Waals surface area contributed by atoms with Gasteiger partial charge in [0.05, 0.1) is 18.3 Å². The maximum atomic E-state index is 14.1. The lowest BCUT2D eigenvalue weighted by Gasteiger charge is -2.42. The summed E-state index contributed by atoms with van der Waals surface area (Å²) in [5.74, 6) is -5.23. The highest BCUT2D eigenvalue weighted by Gasteiger charge is 2.53. The number of fused-ring (bicyclic) bond motifs is 3. The Morgan fingerprint density at radius 1 is 1.02 bits per heavy atom. The monoisotopic (exact) mass is 774 g/mol. The van der Waals surface area contributed by atoms with Gasteiger partial charge in [-0.05, 0) is 112 Å². The number of carbonyl (C=O) groups is 3. The van der Waals surface area contributed by atoms with Crippen LogP contribution in [0.5, 0.6) is 0 Å². The van der Waals surface area contributed by atoms with Gasteiger partial charge in [-0.2, -0.15) is 0 Å². The van der Waals surface area contributed by atoms with Crippen molar-refractivity contribution in [1.29, 1.82) is 0 Å². The van der Waals surface area contributed by atoms with Crippen molar-refractivity contribution in [2.75, 3.05) is 13.7 Å². The van der Waals surface area contributed by atoms with Crippen molar-refractivity contribution in [3.8, 4) is 0 Å². The molecule has 2 bridgehead atoms. The number of aliphatic hydroxyl groups is 2. The topological polar surface area (TPSA) is 135 Å². The molecule has 1 aromatic rings. The zero-order valence-corrected chi connectivity index (χ0v) is 34.7. The number of amides is 1. The Labute approximate surface area is 334 Å². The zero-order chi connectivity index (χ0) is 41.0. The molecule has 3 aliphatic heterocycles. The van der Waals surface area contributed by atoms with E-state index in [1.54, 1.807) is 26.4 Å². The van der Waals surface area contributed by atoms with Crippen LogP contribution in [0.15, 0.2) is 84.3 Å². The van der Waals surface area contributed by atoms with Crippen LogP contribution in [0.3, 0.4) is 0 Å². The Balaban J connectivity index is 1.66. The van der Waals surface area contributed by atoms with E-state index >= 15 is 0 Å². The summed E-state index contributed by atoms with van der Waals surface area (Å²) >= 11 is 0. The average Bonchev–Trinajstić information content (AvgIpc) is 3.18. The molecule has 0 aromatic carbocycles. The highest BCUT2D eigenvalue weighted by Crippen LogP contribution is 2.37. The minimum atomic E-state index is -2.35. The van der Waals surface area contributed by atoms with Crippen molar-refractivity contribution in [3.63, 3.8) is 0 Å². The predicted molar refractivity (Wildman–Crippen MR) is 218 cm³/mol. The summed E-state index contributed by atoms with van der Waals surface area (Å²) in [7, 11) is 1.62. The van der Waals surface area contributed by atoms with Crippen molar-refractivity contribution in [2.45, 2.75) is 142 Å². The lowest BCUT2D eigenvalue weighted by molar-refractivity contribution is -0.265. The SMILES string of the molecule is C=C1C[C@H](O)/C(C)=C/CC([C@H](C)Cc2ccncc2)OC(=O)[C@@H]2CCCCN2C(=O)C(=O)[C@]2(O)O[C@@H](CC[C@H]2C)C[C@H](OC)/C(C)=C/C=C/C=C/[C@@H](C)C[C@H]1C. The molecule has 10 atom stereocenters. The van der Waals surface area contributed by atoms with E-state index in [1.165, 1.54) is 4.90 Å². The number of allylic oxidation sites excluding steroid dienone is 5. The number of cyclic esters (lactones) is 1. The molecule has 2 N–H and O–H groups in total. The molecule has 1 unspecified atom stereocenters. The number of rotatable bonds is 4. The second-order valence-corrected chi connectivity index (χ2v) is 16.6. The second kappa shape index (κ2) is 21.2. The number of hydrogen-bond acceptors (Lipinski definition) is 9. The van der Waals surface area contributed by atoms with Gasteiger partial charge in [0.1, 0.15) is 12.1 Å². The van der Waals surface area contributed by atoms with Crippen LogP contribution in [0.25, 0.3) is 0 Å². The van der Waals surface area contributed by atoms with Gasteiger partial charge in [0.25, 0.3) is 11.7 Å². The summed E-state index contributed by atoms with van der Waals surface area (Å²) in [6, 6.07) is 2.86. The van der Waals surface area contributed by atoms with Gasteiger partial charge in [0.2, 0.25) is 5.79 Å².